The van der Waals surface area contributed by atoms with E-state index in [1.807, 2.05) is 0 Å². The Morgan fingerprint density at radius 1 is 0.970 bits per heavy atom. The van der Waals surface area contributed by atoms with Gasteiger partial charge in [0.05, 0.1) is 27.4 Å². The molecule has 2 aromatic rings. The molecule has 4 N–H and O–H groups in total. The first-order valence-corrected chi connectivity index (χ1v) is 10.4. The maximum atomic E-state index is 10.6. The molecule has 1 heterocycles. The quantitative estimate of drug-likeness (QED) is 0.401. The van der Waals surface area contributed by atoms with Gasteiger partial charge in [0.1, 0.15) is 24.4 Å². The zero-order chi connectivity index (χ0) is 24.0. The van der Waals surface area contributed by atoms with Crippen molar-refractivity contribution < 1.29 is 48.8 Å². The Kier molecular flexibility index (Phi) is 8.73. The van der Waals surface area contributed by atoms with E-state index >= 15 is 0 Å². The summed E-state index contributed by atoms with van der Waals surface area (Å²) in [7, 11) is 4.26. The van der Waals surface area contributed by atoms with Gasteiger partial charge in [0.15, 0.2) is 35.4 Å². The molecule has 0 unspecified atom stereocenters. The van der Waals surface area contributed by atoms with Gasteiger partial charge in [-0.05, 0) is 29.8 Å². The van der Waals surface area contributed by atoms with Gasteiger partial charge in [-0.2, -0.15) is 0 Å². The number of para-hydroxylation sites is 2. The third kappa shape index (κ3) is 5.67. The van der Waals surface area contributed by atoms with E-state index in [1.54, 1.807) is 36.4 Å². The van der Waals surface area contributed by atoms with Crippen molar-refractivity contribution in [2.75, 3.05) is 34.5 Å². The minimum Gasteiger partial charge on any atom is -0.504 e. The van der Waals surface area contributed by atoms with E-state index in [2.05, 4.69) is 0 Å². The smallest absolute Gasteiger partial charge is 0.185 e. The summed E-state index contributed by atoms with van der Waals surface area (Å²) in [4.78, 5) is 0. The predicted molar refractivity (Wildman–Crippen MR) is 116 cm³/mol. The van der Waals surface area contributed by atoms with Gasteiger partial charge >= 0.3 is 0 Å². The highest BCUT2D eigenvalue weighted by molar-refractivity contribution is 5.43. The third-order valence-electron chi connectivity index (χ3n) is 5.39. The van der Waals surface area contributed by atoms with Crippen LogP contribution in [0.1, 0.15) is 11.7 Å². The highest BCUT2D eigenvalue weighted by Gasteiger charge is 2.42. The molecule has 10 heteroatoms. The van der Waals surface area contributed by atoms with Gasteiger partial charge in [0, 0.05) is 7.11 Å². The van der Waals surface area contributed by atoms with Gasteiger partial charge in [-0.15, -0.1) is 0 Å². The molecule has 0 spiro atoms. The highest BCUT2D eigenvalue weighted by Crippen LogP contribution is 2.36. The maximum Gasteiger partial charge on any atom is 0.185 e. The van der Waals surface area contributed by atoms with Crippen molar-refractivity contribution in [1.82, 2.24) is 0 Å². The van der Waals surface area contributed by atoms with Gasteiger partial charge in [-0.1, -0.05) is 18.2 Å². The lowest BCUT2D eigenvalue weighted by Gasteiger charge is -2.39. The topological polar surface area (TPSA) is 136 Å². The maximum absolute atomic E-state index is 10.6. The first-order valence-electron chi connectivity index (χ1n) is 10.4. The van der Waals surface area contributed by atoms with Crippen LogP contribution in [0, 0.1) is 0 Å². The Morgan fingerprint density at radius 3 is 2.30 bits per heavy atom. The number of hydrogen-bond donors (Lipinski definition) is 4. The monoisotopic (exact) mass is 466 g/mol. The predicted octanol–water partition coefficient (Wildman–Crippen LogP) is 1.00. The van der Waals surface area contributed by atoms with Crippen molar-refractivity contribution in [3.05, 3.63) is 48.0 Å². The van der Waals surface area contributed by atoms with Crippen LogP contribution in [0.15, 0.2) is 42.5 Å². The zero-order valence-corrected chi connectivity index (χ0v) is 18.7. The van der Waals surface area contributed by atoms with Crippen molar-refractivity contribution >= 4 is 0 Å². The number of aliphatic hydroxyl groups excluding tert-OH is 3. The molecular weight excluding hydrogens is 436 g/mol. The standard InChI is InChI=1S/C23H30O10/c1-28-15-6-4-5-7-16(15)32-18(11-24)22(13-8-9-14(25)17(10-13)29-2)33-19-12-31-23(30-3)21(27)20(19)26/h4-10,18-27H,11-12H2,1-3H3/t18-,19+,20-,21+,22+,23+/m0/s1. The molecule has 33 heavy (non-hydrogen) atoms. The normalized spacial score (nSPS) is 24.7. The molecule has 0 aliphatic carbocycles. The number of ether oxygens (including phenoxy) is 6. The van der Waals surface area contributed by atoms with E-state index in [1.165, 1.54) is 27.4 Å². The van der Waals surface area contributed by atoms with Gasteiger partial charge in [0.25, 0.3) is 0 Å². The molecule has 1 aliphatic heterocycles. The summed E-state index contributed by atoms with van der Waals surface area (Å²) in [6, 6.07) is 11.5. The first kappa shape index (κ1) is 25.0. The van der Waals surface area contributed by atoms with Crippen molar-refractivity contribution in [2.45, 2.75) is 36.8 Å². The van der Waals surface area contributed by atoms with Crippen molar-refractivity contribution in [1.29, 1.82) is 0 Å². The zero-order valence-electron chi connectivity index (χ0n) is 18.7. The Hall–Kier alpha value is -2.60. The highest BCUT2D eigenvalue weighted by atomic mass is 16.7. The number of methoxy groups -OCH3 is 3. The van der Waals surface area contributed by atoms with Crippen molar-refractivity contribution in [3.8, 4) is 23.0 Å². The van der Waals surface area contributed by atoms with Crippen LogP contribution in [0.2, 0.25) is 0 Å². The fourth-order valence-electron chi connectivity index (χ4n) is 3.61. The number of phenols is 1. The Bertz CT molecular complexity index is 891. The van der Waals surface area contributed by atoms with Crippen LogP contribution < -0.4 is 14.2 Å². The summed E-state index contributed by atoms with van der Waals surface area (Å²) < 4.78 is 33.2. The summed E-state index contributed by atoms with van der Waals surface area (Å²) in [5.74, 6) is 0.941. The van der Waals surface area contributed by atoms with E-state index in [0.717, 1.165) is 0 Å². The van der Waals surface area contributed by atoms with Gasteiger partial charge < -0.3 is 48.8 Å². The van der Waals surface area contributed by atoms with Crippen LogP contribution in [-0.2, 0) is 14.2 Å². The molecule has 0 aromatic heterocycles. The summed E-state index contributed by atoms with van der Waals surface area (Å²) in [5, 5.41) is 41.1. The minimum atomic E-state index is -1.34. The molecule has 3 rings (SSSR count). The second-order valence-electron chi connectivity index (χ2n) is 7.43. The molecule has 0 amide bonds. The van der Waals surface area contributed by atoms with E-state index < -0.39 is 43.4 Å². The third-order valence-corrected chi connectivity index (χ3v) is 5.39. The minimum absolute atomic E-state index is 0.0741. The van der Waals surface area contributed by atoms with Crippen LogP contribution in [0.4, 0.5) is 0 Å². The number of phenolic OH excluding ortho intramolecular Hbond substituents is 1. The van der Waals surface area contributed by atoms with Gasteiger partial charge in [-0.3, -0.25) is 0 Å². The lowest BCUT2D eigenvalue weighted by molar-refractivity contribution is -0.279. The van der Waals surface area contributed by atoms with E-state index in [-0.39, 0.29) is 18.1 Å². The molecule has 0 saturated carbocycles. The Morgan fingerprint density at radius 2 is 1.67 bits per heavy atom. The van der Waals surface area contributed by atoms with Gasteiger partial charge in [0.2, 0.25) is 0 Å². The Labute approximate surface area is 191 Å². The molecule has 1 fully saturated rings. The summed E-state index contributed by atoms with van der Waals surface area (Å²) >= 11 is 0. The molecule has 1 aliphatic rings. The number of benzene rings is 2. The average Bonchev–Trinajstić information content (AvgIpc) is 2.84. The lowest BCUT2D eigenvalue weighted by atomic mass is 10.0. The van der Waals surface area contributed by atoms with Crippen LogP contribution in [0.25, 0.3) is 0 Å². The van der Waals surface area contributed by atoms with E-state index in [9.17, 15) is 20.4 Å². The second-order valence-corrected chi connectivity index (χ2v) is 7.43. The SMILES string of the molecule is COc1cc([C@@H](O[C@@H]2CO[C@@H](OC)[C@H](O)[C@H]2O)[C@H](CO)Oc2ccccc2OC)ccc1O. The summed E-state index contributed by atoms with van der Waals surface area (Å²) in [5.41, 5.74) is 0.495. The number of hydrogen-bond acceptors (Lipinski definition) is 10. The average molecular weight is 466 g/mol. The molecule has 0 bridgehead atoms. The van der Waals surface area contributed by atoms with Crippen LogP contribution in [0.5, 0.6) is 23.0 Å². The van der Waals surface area contributed by atoms with Crippen molar-refractivity contribution in [2.24, 2.45) is 0 Å². The molecule has 10 nitrogen and oxygen atoms in total. The van der Waals surface area contributed by atoms with Crippen LogP contribution in [-0.4, -0.2) is 85.7 Å². The van der Waals surface area contributed by atoms with Crippen LogP contribution >= 0.6 is 0 Å². The lowest BCUT2D eigenvalue weighted by Crippen LogP contribution is -2.55. The number of aromatic hydroxyl groups is 1. The Balaban J connectivity index is 1.94. The molecule has 182 valence electrons. The largest absolute Gasteiger partial charge is 0.504 e. The molecule has 1 saturated heterocycles. The van der Waals surface area contributed by atoms with E-state index in [4.69, 9.17) is 28.4 Å². The molecule has 6 atom stereocenters. The molecule has 0 radical (unpaired) electrons. The second kappa shape index (κ2) is 11.5. The summed E-state index contributed by atoms with van der Waals surface area (Å²) in [6.45, 7) is -0.534. The first-order chi connectivity index (χ1) is 15.9. The van der Waals surface area contributed by atoms with Gasteiger partial charge in [-0.25, -0.2) is 0 Å². The fraction of sp³-hybridized carbons (Fsp3) is 0.478. The van der Waals surface area contributed by atoms with Crippen molar-refractivity contribution in [3.63, 3.8) is 0 Å². The molecular formula is C23H30O10. The summed E-state index contributed by atoms with van der Waals surface area (Å²) in [6.07, 6.45) is -6.54. The van der Waals surface area contributed by atoms with E-state index in [0.29, 0.717) is 17.1 Å². The number of aliphatic hydroxyl groups is 3. The number of rotatable bonds is 10. The molecule has 2 aromatic carbocycles. The fourth-order valence-corrected chi connectivity index (χ4v) is 3.61. The van der Waals surface area contributed by atoms with Crippen LogP contribution in [0.3, 0.4) is 0 Å².